The maximum atomic E-state index is 5.89. The van der Waals surface area contributed by atoms with E-state index < -0.39 is 0 Å². The van der Waals surface area contributed by atoms with E-state index >= 15 is 0 Å². The SMILES string of the molecule is COc1ccc(CN(Cc2nc3ccccc3[nH]2)C[C@H]2CCCO2)c(OC)c1. The number of fused-ring (bicyclic) bond motifs is 1. The fourth-order valence-corrected chi connectivity index (χ4v) is 3.78. The summed E-state index contributed by atoms with van der Waals surface area (Å²) in [6.07, 6.45) is 2.51. The van der Waals surface area contributed by atoms with Crippen LogP contribution < -0.4 is 9.47 Å². The van der Waals surface area contributed by atoms with Gasteiger partial charge in [-0.05, 0) is 31.0 Å². The van der Waals surface area contributed by atoms with E-state index in [1.165, 1.54) is 0 Å². The predicted octanol–water partition coefficient (Wildman–Crippen LogP) is 3.76. The Morgan fingerprint density at radius 2 is 2.04 bits per heavy atom. The van der Waals surface area contributed by atoms with Crippen molar-refractivity contribution in [1.82, 2.24) is 14.9 Å². The Morgan fingerprint density at radius 1 is 1.14 bits per heavy atom. The van der Waals surface area contributed by atoms with Gasteiger partial charge in [0.1, 0.15) is 17.3 Å². The first-order valence-corrected chi connectivity index (χ1v) is 9.73. The Balaban J connectivity index is 1.56. The molecule has 6 nitrogen and oxygen atoms in total. The van der Waals surface area contributed by atoms with Crippen molar-refractivity contribution in [3.63, 3.8) is 0 Å². The highest BCUT2D eigenvalue weighted by Gasteiger charge is 2.21. The number of methoxy groups -OCH3 is 2. The van der Waals surface area contributed by atoms with Gasteiger partial charge in [0, 0.05) is 31.3 Å². The maximum absolute atomic E-state index is 5.89. The Hall–Kier alpha value is -2.57. The molecule has 0 unspecified atom stereocenters. The number of aromatic nitrogens is 2. The van der Waals surface area contributed by atoms with Crippen LogP contribution in [-0.2, 0) is 17.8 Å². The Morgan fingerprint density at radius 3 is 2.79 bits per heavy atom. The summed E-state index contributed by atoms with van der Waals surface area (Å²) in [4.78, 5) is 10.6. The standard InChI is InChI=1S/C22H27N3O3/c1-26-17-10-9-16(21(12-17)27-2)13-25(14-18-6-5-11-28-18)15-22-23-19-7-3-4-8-20(19)24-22/h3-4,7-10,12,18H,5-6,11,13-15H2,1-2H3,(H,23,24)/t18-/m1/s1. The molecule has 0 radical (unpaired) electrons. The number of ether oxygens (including phenoxy) is 3. The molecule has 1 aromatic heterocycles. The van der Waals surface area contributed by atoms with Crippen molar-refractivity contribution in [3.05, 3.63) is 53.9 Å². The van der Waals surface area contributed by atoms with Crippen LogP contribution in [0.2, 0.25) is 0 Å². The van der Waals surface area contributed by atoms with Gasteiger partial charge in [0.05, 0.1) is 37.9 Å². The van der Waals surface area contributed by atoms with Gasteiger partial charge in [0.25, 0.3) is 0 Å². The van der Waals surface area contributed by atoms with Gasteiger partial charge in [-0.2, -0.15) is 0 Å². The summed E-state index contributed by atoms with van der Waals surface area (Å²) in [5.74, 6) is 2.59. The van der Waals surface area contributed by atoms with Gasteiger partial charge >= 0.3 is 0 Å². The number of benzene rings is 2. The third kappa shape index (κ3) is 4.29. The molecule has 3 aromatic rings. The lowest BCUT2D eigenvalue weighted by molar-refractivity contribution is 0.0668. The maximum Gasteiger partial charge on any atom is 0.127 e. The van der Waals surface area contributed by atoms with Crippen molar-refractivity contribution in [2.45, 2.75) is 32.0 Å². The van der Waals surface area contributed by atoms with Crippen molar-refractivity contribution in [2.75, 3.05) is 27.4 Å². The highest BCUT2D eigenvalue weighted by molar-refractivity contribution is 5.74. The van der Waals surface area contributed by atoms with Crippen molar-refractivity contribution in [1.29, 1.82) is 0 Å². The summed E-state index contributed by atoms with van der Waals surface area (Å²) < 4.78 is 16.8. The molecule has 0 bridgehead atoms. The van der Waals surface area contributed by atoms with Gasteiger partial charge in [-0.25, -0.2) is 4.98 Å². The van der Waals surface area contributed by atoms with Gasteiger partial charge in [-0.15, -0.1) is 0 Å². The summed E-state index contributed by atoms with van der Waals surface area (Å²) in [7, 11) is 3.36. The first-order chi connectivity index (χ1) is 13.7. The van der Waals surface area contributed by atoms with E-state index in [0.29, 0.717) is 0 Å². The highest BCUT2D eigenvalue weighted by atomic mass is 16.5. The molecule has 0 aliphatic carbocycles. The number of nitrogens with zero attached hydrogens (tertiary/aromatic N) is 2. The van der Waals surface area contributed by atoms with Gasteiger partial charge in [-0.3, -0.25) is 4.90 Å². The molecule has 6 heteroatoms. The monoisotopic (exact) mass is 381 g/mol. The second-order valence-corrected chi connectivity index (χ2v) is 7.18. The number of para-hydroxylation sites is 2. The number of nitrogens with one attached hydrogen (secondary N) is 1. The molecule has 28 heavy (non-hydrogen) atoms. The van der Waals surface area contributed by atoms with E-state index in [4.69, 9.17) is 19.2 Å². The van der Waals surface area contributed by atoms with Crippen LogP contribution in [-0.4, -0.2) is 48.3 Å². The number of aromatic amines is 1. The van der Waals surface area contributed by atoms with Gasteiger partial charge in [-0.1, -0.05) is 18.2 Å². The minimum Gasteiger partial charge on any atom is -0.497 e. The Labute approximate surface area is 165 Å². The quantitative estimate of drug-likeness (QED) is 0.644. The second kappa shape index (κ2) is 8.63. The normalized spacial score (nSPS) is 16.8. The minimum absolute atomic E-state index is 0.272. The molecule has 2 heterocycles. The molecular formula is C22H27N3O3. The van der Waals surface area contributed by atoms with Crippen LogP contribution in [0.3, 0.4) is 0 Å². The van der Waals surface area contributed by atoms with E-state index in [1.54, 1.807) is 14.2 Å². The van der Waals surface area contributed by atoms with Crippen molar-refractivity contribution < 1.29 is 14.2 Å². The molecule has 1 saturated heterocycles. The molecule has 4 rings (SSSR count). The second-order valence-electron chi connectivity index (χ2n) is 7.18. The molecule has 2 aromatic carbocycles. The van der Waals surface area contributed by atoms with Crippen LogP contribution in [0.5, 0.6) is 11.5 Å². The summed E-state index contributed by atoms with van der Waals surface area (Å²) in [5.41, 5.74) is 3.19. The molecular weight excluding hydrogens is 354 g/mol. The van der Waals surface area contributed by atoms with Gasteiger partial charge in [0.15, 0.2) is 0 Å². The fraction of sp³-hybridized carbons (Fsp3) is 0.409. The van der Waals surface area contributed by atoms with E-state index in [-0.39, 0.29) is 6.10 Å². The van der Waals surface area contributed by atoms with Crippen LogP contribution >= 0.6 is 0 Å². The fourth-order valence-electron chi connectivity index (χ4n) is 3.78. The molecule has 0 spiro atoms. The molecule has 1 aliphatic heterocycles. The zero-order valence-corrected chi connectivity index (χ0v) is 16.5. The van der Waals surface area contributed by atoms with Gasteiger partial charge < -0.3 is 19.2 Å². The van der Waals surface area contributed by atoms with E-state index in [0.717, 1.165) is 73.0 Å². The number of H-pyrrole nitrogens is 1. The zero-order chi connectivity index (χ0) is 19.3. The third-order valence-corrected chi connectivity index (χ3v) is 5.19. The lowest BCUT2D eigenvalue weighted by atomic mass is 10.1. The predicted molar refractivity (Wildman–Crippen MR) is 109 cm³/mol. The molecule has 148 valence electrons. The first kappa shape index (κ1) is 18.8. The lowest BCUT2D eigenvalue weighted by Gasteiger charge is -2.25. The van der Waals surface area contributed by atoms with E-state index in [2.05, 4.69) is 22.0 Å². The molecule has 1 atom stereocenters. The van der Waals surface area contributed by atoms with E-state index in [1.807, 2.05) is 30.3 Å². The molecule has 1 aliphatic rings. The van der Waals surface area contributed by atoms with Crippen LogP contribution in [0, 0.1) is 0 Å². The molecule has 0 saturated carbocycles. The number of hydrogen-bond acceptors (Lipinski definition) is 5. The van der Waals surface area contributed by atoms with Crippen LogP contribution in [0.15, 0.2) is 42.5 Å². The lowest BCUT2D eigenvalue weighted by Crippen LogP contribution is -2.32. The summed E-state index contributed by atoms with van der Waals surface area (Å²) in [6.45, 7) is 3.20. The van der Waals surface area contributed by atoms with Crippen molar-refractivity contribution in [3.8, 4) is 11.5 Å². The third-order valence-electron chi connectivity index (χ3n) is 5.19. The largest absolute Gasteiger partial charge is 0.497 e. The molecule has 0 amide bonds. The van der Waals surface area contributed by atoms with Crippen LogP contribution in [0.1, 0.15) is 24.2 Å². The zero-order valence-electron chi connectivity index (χ0n) is 16.5. The molecule has 1 N–H and O–H groups in total. The minimum atomic E-state index is 0.272. The van der Waals surface area contributed by atoms with Crippen molar-refractivity contribution >= 4 is 11.0 Å². The summed E-state index contributed by atoms with van der Waals surface area (Å²) in [6, 6.07) is 14.1. The highest BCUT2D eigenvalue weighted by Crippen LogP contribution is 2.27. The smallest absolute Gasteiger partial charge is 0.127 e. The Bertz CT molecular complexity index is 885. The average molecular weight is 381 g/mol. The van der Waals surface area contributed by atoms with E-state index in [9.17, 15) is 0 Å². The number of hydrogen-bond donors (Lipinski definition) is 1. The van der Waals surface area contributed by atoms with Crippen LogP contribution in [0.4, 0.5) is 0 Å². The van der Waals surface area contributed by atoms with Crippen molar-refractivity contribution in [2.24, 2.45) is 0 Å². The summed E-state index contributed by atoms with van der Waals surface area (Å²) in [5, 5.41) is 0. The topological polar surface area (TPSA) is 59.6 Å². The molecule has 1 fully saturated rings. The van der Waals surface area contributed by atoms with Crippen LogP contribution in [0.25, 0.3) is 11.0 Å². The Kier molecular flexibility index (Phi) is 5.78. The van der Waals surface area contributed by atoms with Gasteiger partial charge in [0.2, 0.25) is 0 Å². The average Bonchev–Trinajstić information content (AvgIpc) is 3.37. The summed E-state index contributed by atoms with van der Waals surface area (Å²) >= 11 is 0. The number of imidazole rings is 1. The first-order valence-electron chi connectivity index (χ1n) is 9.73. The number of rotatable bonds is 8.